The summed E-state index contributed by atoms with van der Waals surface area (Å²) in [7, 11) is 0. The second-order valence-corrected chi connectivity index (χ2v) is 13.2. The van der Waals surface area contributed by atoms with Gasteiger partial charge in [-0.05, 0) is 53.2 Å². The monoisotopic (exact) mass is 622 g/mol. The Balaban J connectivity index is 1.34. The third-order valence-corrected chi connectivity index (χ3v) is 10.7. The number of anilines is 3. The lowest BCUT2D eigenvalue weighted by Crippen LogP contribution is -2.10. The molecule has 0 aliphatic heterocycles. The molecule has 12 aromatic rings. The Morgan fingerprint density at radius 1 is 0.408 bits per heavy atom. The van der Waals surface area contributed by atoms with Crippen molar-refractivity contribution in [1.29, 1.82) is 0 Å². The number of benzene rings is 7. The normalized spacial score (nSPS) is 12.5. The van der Waals surface area contributed by atoms with E-state index in [1.807, 2.05) is 0 Å². The quantitative estimate of drug-likeness (QED) is 0.196. The van der Waals surface area contributed by atoms with E-state index in [0.717, 1.165) is 28.2 Å². The van der Waals surface area contributed by atoms with Crippen LogP contribution in [0.15, 0.2) is 158 Å². The van der Waals surface area contributed by atoms with Gasteiger partial charge in [0.05, 0.1) is 39.5 Å². The molecular formula is C45H26N4. The van der Waals surface area contributed by atoms with Gasteiger partial charge in [-0.15, -0.1) is 0 Å². The predicted molar refractivity (Wildman–Crippen MR) is 206 cm³/mol. The van der Waals surface area contributed by atoms with E-state index in [0.29, 0.717) is 0 Å². The Morgan fingerprint density at radius 2 is 1.04 bits per heavy atom. The third-order valence-electron chi connectivity index (χ3n) is 10.7. The predicted octanol–water partition coefficient (Wildman–Crippen LogP) is 12.0. The molecule has 0 spiro atoms. The van der Waals surface area contributed by atoms with Gasteiger partial charge in [0.1, 0.15) is 5.65 Å². The molecule has 4 heteroatoms. The van der Waals surface area contributed by atoms with Gasteiger partial charge in [-0.2, -0.15) is 0 Å². The van der Waals surface area contributed by atoms with Crippen LogP contribution in [0.1, 0.15) is 0 Å². The maximum absolute atomic E-state index is 5.34. The first kappa shape index (κ1) is 25.4. The third kappa shape index (κ3) is 3.07. The molecule has 5 aromatic heterocycles. The highest BCUT2D eigenvalue weighted by molar-refractivity contribution is 6.38. The molecule has 12 rings (SSSR count). The van der Waals surface area contributed by atoms with Crippen molar-refractivity contribution in [1.82, 2.24) is 13.8 Å². The van der Waals surface area contributed by atoms with Gasteiger partial charge in [-0.1, -0.05) is 109 Å². The highest BCUT2D eigenvalue weighted by atomic mass is 15.2. The number of pyridine rings is 1. The van der Waals surface area contributed by atoms with Gasteiger partial charge in [0.15, 0.2) is 0 Å². The summed E-state index contributed by atoms with van der Waals surface area (Å²) in [6.07, 6.45) is 2.12. The van der Waals surface area contributed by atoms with Gasteiger partial charge >= 0.3 is 0 Å². The van der Waals surface area contributed by atoms with Crippen molar-refractivity contribution >= 4 is 104 Å². The smallest absolute Gasteiger partial charge is 0.146 e. The van der Waals surface area contributed by atoms with E-state index in [-0.39, 0.29) is 0 Å². The highest BCUT2D eigenvalue weighted by Gasteiger charge is 2.28. The van der Waals surface area contributed by atoms with E-state index in [1.165, 1.54) is 75.9 Å². The van der Waals surface area contributed by atoms with Crippen LogP contribution < -0.4 is 4.90 Å². The average molecular weight is 623 g/mol. The number of rotatable bonds is 3. The Bertz CT molecular complexity index is 3220. The molecule has 0 saturated heterocycles. The average Bonchev–Trinajstić information content (AvgIpc) is 3.89. The lowest BCUT2D eigenvalue weighted by molar-refractivity contribution is 1.25. The lowest BCUT2D eigenvalue weighted by atomic mass is 9.98. The fraction of sp³-hybridized carbons (Fsp3) is 0. The number of fused-ring (bicyclic) bond motifs is 15. The molecule has 226 valence electrons. The van der Waals surface area contributed by atoms with Crippen molar-refractivity contribution in [2.45, 2.75) is 0 Å². The van der Waals surface area contributed by atoms with E-state index >= 15 is 0 Å². The Kier molecular flexibility index (Phi) is 4.69. The first-order valence-corrected chi connectivity index (χ1v) is 16.8. The minimum absolute atomic E-state index is 1.01. The Morgan fingerprint density at radius 3 is 1.84 bits per heavy atom. The Labute approximate surface area is 279 Å². The summed E-state index contributed by atoms with van der Waals surface area (Å²) in [5.74, 6) is 0. The van der Waals surface area contributed by atoms with Crippen LogP contribution >= 0.6 is 0 Å². The molecular weight excluding hydrogens is 597 g/mol. The standard InChI is InChI=1S/C45H26N4/c1-3-14-28(15-4-1)47(29-16-5-2-6-17-29)37-24-12-22-33-39-30-18-8-7-13-27(30)25-35-40-38(48(43(33)37)44(35)39)26-46-45-41(40)34-21-11-20-32-31-19-9-10-23-36(31)49(45)42(32)34/h1-26H. The van der Waals surface area contributed by atoms with Crippen molar-refractivity contribution in [2.24, 2.45) is 0 Å². The van der Waals surface area contributed by atoms with Crippen LogP contribution in [-0.4, -0.2) is 13.8 Å². The van der Waals surface area contributed by atoms with E-state index in [4.69, 9.17) is 4.98 Å². The van der Waals surface area contributed by atoms with E-state index < -0.39 is 0 Å². The van der Waals surface area contributed by atoms with Crippen LogP contribution in [0.2, 0.25) is 0 Å². The van der Waals surface area contributed by atoms with Gasteiger partial charge in [0.25, 0.3) is 0 Å². The maximum atomic E-state index is 5.34. The van der Waals surface area contributed by atoms with Crippen LogP contribution in [0.25, 0.3) is 87.1 Å². The minimum atomic E-state index is 1.01. The van der Waals surface area contributed by atoms with E-state index in [9.17, 15) is 0 Å². The summed E-state index contributed by atoms with van der Waals surface area (Å²) in [4.78, 5) is 7.73. The van der Waals surface area contributed by atoms with Gasteiger partial charge in [-0.25, -0.2) is 4.98 Å². The summed E-state index contributed by atoms with van der Waals surface area (Å²) in [5, 5.41) is 12.6. The number of hydrogen-bond donors (Lipinski definition) is 0. The molecule has 4 nitrogen and oxygen atoms in total. The van der Waals surface area contributed by atoms with E-state index in [1.54, 1.807) is 0 Å². The summed E-state index contributed by atoms with van der Waals surface area (Å²) >= 11 is 0. The summed E-state index contributed by atoms with van der Waals surface area (Å²) in [6, 6.07) is 54.9. The van der Waals surface area contributed by atoms with Crippen molar-refractivity contribution in [2.75, 3.05) is 4.90 Å². The number of nitrogens with zero attached hydrogens (tertiary/aromatic N) is 4. The van der Waals surface area contributed by atoms with Crippen LogP contribution in [0.3, 0.4) is 0 Å². The fourth-order valence-electron chi connectivity index (χ4n) is 8.91. The summed E-state index contributed by atoms with van der Waals surface area (Å²) < 4.78 is 4.90. The molecule has 7 aromatic carbocycles. The largest absolute Gasteiger partial charge is 0.308 e. The Hall–Kier alpha value is -6.65. The zero-order chi connectivity index (χ0) is 31.8. The summed E-state index contributed by atoms with van der Waals surface area (Å²) in [5.41, 5.74) is 10.4. The second kappa shape index (κ2) is 9.03. The van der Waals surface area contributed by atoms with Crippen molar-refractivity contribution in [3.63, 3.8) is 0 Å². The molecule has 0 bridgehead atoms. The molecule has 0 saturated carbocycles. The molecule has 5 heterocycles. The molecule has 0 unspecified atom stereocenters. The van der Waals surface area contributed by atoms with E-state index in [2.05, 4.69) is 172 Å². The number of hydrogen-bond acceptors (Lipinski definition) is 2. The number of aromatic nitrogens is 3. The zero-order valence-electron chi connectivity index (χ0n) is 26.3. The van der Waals surface area contributed by atoms with Crippen LogP contribution in [0.5, 0.6) is 0 Å². The first-order valence-electron chi connectivity index (χ1n) is 16.8. The van der Waals surface area contributed by atoms with Crippen LogP contribution in [-0.2, 0) is 0 Å². The highest BCUT2D eigenvalue weighted by Crippen LogP contribution is 2.50. The lowest BCUT2D eigenvalue weighted by Gasteiger charge is -2.26. The minimum Gasteiger partial charge on any atom is -0.308 e. The van der Waals surface area contributed by atoms with Gasteiger partial charge in [-0.3, -0.25) is 4.40 Å². The van der Waals surface area contributed by atoms with Gasteiger partial charge < -0.3 is 9.30 Å². The topological polar surface area (TPSA) is 24.9 Å². The molecule has 49 heavy (non-hydrogen) atoms. The molecule has 0 amide bonds. The maximum Gasteiger partial charge on any atom is 0.146 e. The van der Waals surface area contributed by atoms with Crippen LogP contribution in [0, 0.1) is 0 Å². The van der Waals surface area contributed by atoms with Crippen molar-refractivity contribution in [3.05, 3.63) is 158 Å². The SMILES string of the molecule is c1ccc(N(c2ccccc2)c2cccc3c4c5ccccc5cc5c6c7c8cccc9c%10ccccc%10n(c7ncc6n(c23)c54)c98)cc1. The molecule has 0 fully saturated rings. The molecule has 0 aliphatic rings. The molecule has 0 atom stereocenters. The van der Waals surface area contributed by atoms with Crippen LogP contribution in [0.4, 0.5) is 17.1 Å². The van der Waals surface area contributed by atoms with Gasteiger partial charge in [0.2, 0.25) is 0 Å². The van der Waals surface area contributed by atoms with Gasteiger partial charge in [0, 0.05) is 54.5 Å². The zero-order valence-corrected chi connectivity index (χ0v) is 26.3. The van der Waals surface area contributed by atoms with Crippen molar-refractivity contribution < 1.29 is 0 Å². The van der Waals surface area contributed by atoms with Crippen molar-refractivity contribution in [3.8, 4) is 0 Å². The molecule has 0 radical (unpaired) electrons. The summed E-state index contributed by atoms with van der Waals surface area (Å²) in [6.45, 7) is 0. The molecule has 0 aliphatic carbocycles. The fourth-order valence-corrected chi connectivity index (χ4v) is 8.91. The second-order valence-electron chi connectivity index (χ2n) is 13.2. The number of para-hydroxylation sites is 5. The molecule has 0 N–H and O–H groups in total. The first-order chi connectivity index (χ1) is 24.4.